The number of halogens is 1. The molecule has 1 saturated carbocycles. The smallest absolute Gasteiger partial charge is 0.293 e. The van der Waals surface area contributed by atoms with Crippen LogP contribution in [0, 0.1) is 0 Å². The lowest BCUT2D eigenvalue weighted by atomic mass is 10.0. The molecule has 1 aliphatic carbocycles. The van der Waals surface area contributed by atoms with Gasteiger partial charge in [0.15, 0.2) is 0 Å². The van der Waals surface area contributed by atoms with Crippen molar-refractivity contribution in [3.63, 3.8) is 0 Å². The minimum Gasteiger partial charge on any atom is -0.293 e. The van der Waals surface area contributed by atoms with Crippen molar-refractivity contribution in [3.8, 4) is 0 Å². The Balaban J connectivity index is 2.02. The van der Waals surface area contributed by atoms with Crippen molar-refractivity contribution in [1.82, 2.24) is 14.1 Å². The number of hydrogen-bond acceptors (Lipinski definition) is 2. The Morgan fingerprint density at radius 1 is 1.29 bits per heavy atom. The molecule has 0 amide bonds. The van der Waals surface area contributed by atoms with E-state index in [9.17, 15) is 9.18 Å². The van der Waals surface area contributed by atoms with Crippen LogP contribution in [0.3, 0.4) is 0 Å². The third-order valence-corrected chi connectivity index (χ3v) is 5.65. The van der Waals surface area contributed by atoms with E-state index in [2.05, 4.69) is 11.6 Å². The number of rotatable bonds is 4. The van der Waals surface area contributed by atoms with Crippen LogP contribution >= 0.6 is 0 Å². The Morgan fingerprint density at radius 2 is 2.04 bits per heavy atom. The van der Waals surface area contributed by atoms with Gasteiger partial charge in [-0.1, -0.05) is 37.6 Å². The van der Waals surface area contributed by atoms with Crippen LogP contribution in [0.1, 0.15) is 44.2 Å². The fourth-order valence-corrected chi connectivity index (χ4v) is 4.19. The van der Waals surface area contributed by atoms with E-state index >= 15 is 0 Å². The molecule has 0 N–H and O–H groups in total. The molecular formula is C23H24FN3O. The zero-order valence-corrected chi connectivity index (χ0v) is 16.3. The summed E-state index contributed by atoms with van der Waals surface area (Å²) in [6, 6.07) is 6.17. The number of aromatic nitrogens is 3. The van der Waals surface area contributed by atoms with Crippen molar-refractivity contribution in [1.29, 1.82) is 0 Å². The Bertz CT molecular complexity index is 1190. The van der Waals surface area contributed by atoms with Crippen LogP contribution in [0.5, 0.6) is 0 Å². The standard InChI is InChI=1S/C23H24FN3O/c1-4-16(10-9-15(2)24)17-11-12-20-19(13-17)22-21(14-25-20)26(3)23(28)27(22)18-7-5-6-8-18/h4,9-14,18H,1,5-8H2,2-3H3/b15-9+,16-10+. The third-order valence-electron chi connectivity index (χ3n) is 5.65. The highest BCUT2D eigenvalue weighted by Gasteiger charge is 2.24. The first-order chi connectivity index (χ1) is 13.5. The number of benzene rings is 1. The summed E-state index contributed by atoms with van der Waals surface area (Å²) in [5.41, 5.74) is 4.37. The first-order valence-electron chi connectivity index (χ1n) is 9.68. The van der Waals surface area contributed by atoms with Crippen molar-refractivity contribution in [2.45, 2.75) is 38.6 Å². The van der Waals surface area contributed by atoms with E-state index < -0.39 is 0 Å². The molecular weight excluding hydrogens is 353 g/mol. The van der Waals surface area contributed by atoms with Gasteiger partial charge in [-0.05, 0) is 49.1 Å². The third kappa shape index (κ3) is 3.01. The maximum atomic E-state index is 13.2. The Kier molecular flexibility index (Phi) is 4.75. The molecule has 2 aromatic heterocycles. The SMILES string of the molecule is C=C/C(=C\C=C(/C)F)c1ccc2ncc3c(c2c1)n(C1CCCC1)c(=O)n3C. The molecule has 3 aromatic rings. The van der Waals surface area contributed by atoms with Gasteiger partial charge in [-0.2, -0.15) is 0 Å². The second-order valence-corrected chi connectivity index (χ2v) is 7.45. The average Bonchev–Trinajstić information content (AvgIpc) is 3.29. The largest absolute Gasteiger partial charge is 0.329 e. The minimum absolute atomic E-state index is 0.0112. The van der Waals surface area contributed by atoms with Crippen molar-refractivity contribution < 1.29 is 4.39 Å². The van der Waals surface area contributed by atoms with Gasteiger partial charge < -0.3 is 0 Å². The summed E-state index contributed by atoms with van der Waals surface area (Å²) in [6.45, 7) is 5.27. The number of allylic oxidation sites excluding steroid dienone is 5. The van der Waals surface area contributed by atoms with Crippen LogP contribution in [-0.2, 0) is 7.05 Å². The lowest BCUT2D eigenvalue weighted by molar-refractivity contribution is 0.510. The Labute approximate surface area is 163 Å². The second kappa shape index (κ2) is 7.23. The van der Waals surface area contributed by atoms with Crippen LogP contribution < -0.4 is 5.69 Å². The molecule has 4 rings (SSSR count). The quantitative estimate of drug-likeness (QED) is 0.568. The number of imidazole rings is 1. The molecule has 0 unspecified atom stereocenters. The zero-order valence-electron chi connectivity index (χ0n) is 16.3. The van der Waals surface area contributed by atoms with Crippen LogP contribution in [0.15, 0.2) is 59.8 Å². The van der Waals surface area contributed by atoms with Gasteiger partial charge in [0.05, 0.1) is 28.6 Å². The molecule has 1 fully saturated rings. The average molecular weight is 377 g/mol. The maximum absolute atomic E-state index is 13.2. The fraction of sp³-hybridized carbons (Fsp3) is 0.304. The lowest BCUT2D eigenvalue weighted by Crippen LogP contribution is -2.24. The molecule has 1 aromatic carbocycles. The van der Waals surface area contributed by atoms with Gasteiger partial charge in [0.25, 0.3) is 0 Å². The van der Waals surface area contributed by atoms with Crippen LogP contribution in [0.2, 0.25) is 0 Å². The van der Waals surface area contributed by atoms with E-state index in [0.29, 0.717) is 0 Å². The van der Waals surface area contributed by atoms with Crippen molar-refractivity contribution in [2.24, 2.45) is 7.05 Å². The number of hydrogen-bond donors (Lipinski definition) is 0. The van der Waals surface area contributed by atoms with Crippen molar-refractivity contribution in [3.05, 3.63) is 71.1 Å². The van der Waals surface area contributed by atoms with Gasteiger partial charge in [-0.3, -0.25) is 14.1 Å². The normalized spacial score (nSPS) is 16.4. The number of nitrogens with zero attached hydrogens (tertiary/aromatic N) is 3. The summed E-state index contributed by atoms with van der Waals surface area (Å²) >= 11 is 0. The van der Waals surface area contributed by atoms with Gasteiger partial charge in [0, 0.05) is 18.5 Å². The first kappa shape index (κ1) is 18.4. The van der Waals surface area contributed by atoms with Gasteiger partial charge in [0.2, 0.25) is 0 Å². The predicted octanol–water partition coefficient (Wildman–Crippen LogP) is 5.45. The van der Waals surface area contributed by atoms with E-state index in [4.69, 9.17) is 0 Å². The molecule has 0 spiro atoms. The van der Waals surface area contributed by atoms with Crippen molar-refractivity contribution in [2.75, 3.05) is 0 Å². The first-order valence-corrected chi connectivity index (χ1v) is 9.68. The summed E-state index contributed by atoms with van der Waals surface area (Å²) in [7, 11) is 1.80. The topological polar surface area (TPSA) is 39.8 Å². The highest BCUT2D eigenvalue weighted by atomic mass is 19.1. The van der Waals surface area contributed by atoms with E-state index in [1.165, 1.54) is 13.0 Å². The molecule has 0 bridgehead atoms. The van der Waals surface area contributed by atoms with E-state index in [1.807, 2.05) is 22.8 Å². The Hall–Kier alpha value is -2.95. The van der Waals surface area contributed by atoms with Crippen LogP contribution in [0.25, 0.3) is 27.5 Å². The summed E-state index contributed by atoms with van der Waals surface area (Å²) in [6.07, 6.45) is 11.0. The monoisotopic (exact) mass is 377 g/mol. The molecule has 0 aliphatic heterocycles. The number of pyridine rings is 1. The highest BCUT2D eigenvalue weighted by Crippen LogP contribution is 2.34. The second-order valence-electron chi connectivity index (χ2n) is 7.45. The van der Waals surface area contributed by atoms with Crippen molar-refractivity contribution >= 4 is 27.5 Å². The Morgan fingerprint density at radius 3 is 2.71 bits per heavy atom. The summed E-state index contributed by atoms with van der Waals surface area (Å²) < 4.78 is 16.8. The molecule has 2 heterocycles. The molecule has 5 heteroatoms. The van der Waals surface area contributed by atoms with E-state index in [0.717, 1.165) is 58.8 Å². The number of aryl methyl sites for hydroxylation is 1. The zero-order chi connectivity index (χ0) is 19.8. The summed E-state index contributed by atoms with van der Waals surface area (Å²) in [4.78, 5) is 17.6. The van der Waals surface area contributed by atoms with Crippen LogP contribution in [0.4, 0.5) is 4.39 Å². The summed E-state index contributed by atoms with van der Waals surface area (Å²) in [5.74, 6) is -0.262. The van der Waals surface area contributed by atoms with Gasteiger partial charge in [-0.15, -0.1) is 0 Å². The molecule has 4 nitrogen and oxygen atoms in total. The minimum atomic E-state index is -0.262. The van der Waals surface area contributed by atoms with E-state index in [1.54, 1.807) is 30.0 Å². The summed E-state index contributed by atoms with van der Waals surface area (Å²) in [5, 5.41) is 0.938. The fourth-order valence-electron chi connectivity index (χ4n) is 4.19. The molecule has 0 radical (unpaired) electrons. The van der Waals surface area contributed by atoms with Gasteiger partial charge in [0.1, 0.15) is 0 Å². The molecule has 28 heavy (non-hydrogen) atoms. The molecule has 1 aliphatic rings. The molecule has 0 atom stereocenters. The number of fused-ring (bicyclic) bond motifs is 3. The maximum Gasteiger partial charge on any atom is 0.329 e. The predicted molar refractivity (Wildman–Crippen MR) is 113 cm³/mol. The molecule has 0 saturated heterocycles. The highest BCUT2D eigenvalue weighted by molar-refractivity contribution is 6.03. The van der Waals surface area contributed by atoms with Gasteiger partial charge >= 0.3 is 5.69 Å². The van der Waals surface area contributed by atoms with Crippen LogP contribution in [-0.4, -0.2) is 14.1 Å². The lowest BCUT2D eigenvalue weighted by Gasteiger charge is -2.13. The van der Waals surface area contributed by atoms with Gasteiger partial charge in [-0.25, -0.2) is 9.18 Å². The van der Waals surface area contributed by atoms with E-state index in [-0.39, 0.29) is 17.6 Å². The molecule has 144 valence electrons.